The highest BCUT2D eigenvalue weighted by Crippen LogP contribution is 2.22. The molecule has 0 bridgehead atoms. The van der Waals surface area contributed by atoms with E-state index < -0.39 is 31.2 Å². The van der Waals surface area contributed by atoms with E-state index in [1.807, 2.05) is 0 Å². The van der Waals surface area contributed by atoms with E-state index in [1.54, 1.807) is 36.9 Å². The minimum absolute atomic E-state index is 0.105. The zero-order chi connectivity index (χ0) is 22.6. The fourth-order valence-electron chi connectivity index (χ4n) is 2.89. The van der Waals surface area contributed by atoms with Crippen molar-refractivity contribution in [3.05, 3.63) is 47.5 Å². The molecule has 0 spiro atoms. The lowest BCUT2D eigenvalue weighted by Gasteiger charge is -2.11. The number of aromatic nitrogens is 4. The molecule has 3 rings (SSSR count). The molecule has 0 aliphatic carbocycles. The first-order valence-electron chi connectivity index (χ1n) is 9.56. The molecule has 0 aliphatic heterocycles. The molecular formula is C20H22F3N5O3. The van der Waals surface area contributed by atoms with Gasteiger partial charge in [-0.25, -0.2) is 4.98 Å². The van der Waals surface area contributed by atoms with Crippen LogP contribution in [0.25, 0.3) is 10.9 Å². The number of aliphatic hydroxyl groups is 1. The summed E-state index contributed by atoms with van der Waals surface area (Å²) in [6.45, 7) is 3.21. The van der Waals surface area contributed by atoms with Crippen molar-refractivity contribution < 1.29 is 27.8 Å². The van der Waals surface area contributed by atoms with E-state index in [2.05, 4.69) is 20.4 Å². The maximum atomic E-state index is 12.3. The number of carbonyl (C=O) groups excluding carboxylic acids is 1. The minimum atomic E-state index is -4.28. The van der Waals surface area contributed by atoms with Gasteiger partial charge in [-0.05, 0) is 31.5 Å². The maximum Gasteiger partial charge on any atom is 0.392 e. The normalized spacial score (nSPS) is 12.7. The number of hydrogen-bond acceptors (Lipinski definition) is 6. The van der Waals surface area contributed by atoms with Crippen LogP contribution in [0.2, 0.25) is 0 Å². The number of halogens is 3. The van der Waals surface area contributed by atoms with Gasteiger partial charge in [0.2, 0.25) is 5.88 Å². The Bertz CT molecular complexity index is 1070. The van der Waals surface area contributed by atoms with Gasteiger partial charge < -0.3 is 15.2 Å². The van der Waals surface area contributed by atoms with Crippen molar-refractivity contribution in [1.29, 1.82) is 0 Å². The number of hydrogen-bond donors (Lipinski definition) is 2. The largest absolute Gasteiger partial charge is 0.477 e. The number of nitrogens with one attached hydrogen (secondary N) is 1. The lowest BCUT2D eigenvalue weighted by molar-refractivity contribution is -0.139. The number of aryl methyl sites for hydroxylation is 1. The molecule has 0 saturated heterocycles. The third-order valence-electron chi connectivity index (χ3n) is 4.31. The van der Waals surface area contributed by atoms with Gasteiger partial charge in [-0.3, -0.25) is 14.5 Å². The van der Waals surface area contributed by atoms with Gasteiger partial charge in [0.1, 0.15) is 5.69 Å². The summed E-state index contributed by atoms with van der Waals surface area (Å²) < 4.78 is 43.5. The summed E-state index contributed by atoms with van der Waals surface area (Å²) in [6.07, 6.45) is -1.33. The van der Waals surface area contributed by atoms with Crippen LogP contribution in [-0.2, 0) is 6.54 Å². The number of fused-ring (bicyclic) bond motifs is 1. The molecule has 166 valence electrons. The van der Waals surface area contributed by atoms with E-state index in [9.17, 15) is 23.1 Å². The van der Waals surface area contributed by atoms with Crippen LogP contribution in [0.3, 0.4) is 0 Å². The van der Waals surface area contributed by atoms with Gasteiger partial charge in [0.25, 0.3) is 5.91 Å². The molecule has 0 radical (unpaired) electrons. The van der Waals surface area contributed by atoms with Gasteiger partial charge in [0, 0.05) is 30.7 Å². The van der Waals surface area contributed by atoms with Crippen molar-refractivity contribution in [2.24, 2.45) is 0 Å². The van der Waals surface area contributed by atoms with Gasteiger partial charge in [0.05, 0.1) is 36.6 Å². The predicted octanol–water partition coefficient (Wildman–Crippen LogP) is 2.62. The number of amides is 1. The average molecular weight is 437 g/mol. The van der Waals surface area contributed by atoms with Crippen LogP contribution in [0.1, 0.15) is 35.0 Å². The average Bonchev–Trinajstić information content (AvgIpc) is 3.09. The van der Waals surface area contributed by atoms with Crippen LogP contribution in [0.15, 0.2) is 30.7 Å². The van der Waals surface area contributed by atoms with Crippen molar-refractivity contribution in [2.75, 3.05) is 13.2 Å². The van der Waals surface area contributed by atoms with Gasteiger partial charge >= 0.3 is 6.18 Å². The van der Waals surface area contributed by atoms with Crippen LogP contribution in [0.5, 0.6) is 5.88 Å². The second kappa shape index (κ2) is 9.29. The van der Waals surface area contributed by atoms with Crippen molar-refractivity contribution in [3.8, 4) is 5.88 Å². The molecule has 1 amide bonds. The summed E-state index contributed by atoms with van der Waals surface area (Å²) in [6, 6.07) is 3.44. The number of pyridine rings is 2. The third-order valence-corrected chi connectivity index (χ3v) is 4.31. The minimum Gasteiger partial charge on any atom is -0.477 e. The van der Waals surface area contributed by atoms with Gasteiger partial charge in [-0.2, -0.15) is 18.3 Å². The van der Waals surface area contributed by atoms with E-state index >= 15 is 0 Å². The van der Waals surface area contributed by atoms with Crippen LogP contribution in [0.4, 0.5) is 13.2 Å². The Labute approximate surface area is 176 Å². The Hall–Kier alpha value is -3.21. The van der Waals surface area contributed by atoms with Gasteiger partial charge in [-0.15, -0.1) is 0 Å². The zero-order valence-corrected chi connectivity index (χ0v) is 17.0. The summed E-state index contributed by atoms with van der Waals surface area (Å²) >= 11 is 0. The fraction of sp³-hybridized carbons (Fsp3) is 0.400. The zero-order valence-electron chi connectivity index (χ0n) is 17.0. The fourth-order valence-corrected chi connectivity index (χ4v) is 2.89. The lowest BCUT2D eigenvalue weighted by Crippen LogP contribution is -2.31. The molecule has 0 unspecified atom stereocenters. The molecule has 3 aromatic rings. The standard InChI is InChI=1S/C20H22F3N5O3/c1-12-7-14(9-26-19(12)31-6-4-20(21,22)23)10-28-11-15-16(27-28)3-5-24-17(15)18(30)25-8-13(2)29/h3,5,7,9,11,13,29H,4,6,8,10H2,1-2H3,(H,25,30)/t13-/m0/s1. The van der Waals surface area contributed by atoms with Gasteiger partial charge in [-0.1, -0.05) is 0 Å². The summed E-state index contributed by atoms with van der Waals surface area (Å²) in [7, 11) is 0. The Morgan fingerprint density at radius 3 is 2.81 bits per heavy atom. The Morgan fingerprint density at radius 1 is 1.35 bits per heavy atom. The molecule has 31 heavy (non-hydrogen) atoms. The quantitative estimate of drug-likeness (QED) is 0.562. The van der Waals surface area contributed by atoms with Crippen molar-refractivity contribution >= 4 is 16.8 Å². The molecule has 11 heteroatoms. The maximum absolute atomic E-state index is 12.3. The van der Waals surface area contributed by atoms with E-state index in [0.29, 0.717) is 23.0 Å². The Kier molecular flexibility index (Phi) is 6.74. The molecule has 1 atom stereocenters. The first kappa shape index (κ1) is 22.5. The summed E-state index contributed by atoms with van der Waals surface area (Å²) in [5, 5.41) is 16.9. The SMILES string of the molecule is Cc1cc(Cn2cc3c(C(=O)NC[C@H](C)O)nccc3n2)cnc1OCCC(F)(F)F. The topological polar surface area (TPSA) is 102 Å². The summed E-state index contributed by atoms with van der Waals surface area (Å²) in [5.41, 5.74) is 2.15. The van der Waals surface area contributed by atoms with E-state index in [-0.39, 0.29) is 18.1 Å². The molecule has 0 aliphatic rings. The predicted molar refractivity (Wildman–Crippen MR) is 106 cm³/mol. The van der Waals surface area contributed by atoms with Gasteiger partial charge in [0.15, 0.2) is 0 Å². The van der Waals surface area contributed by atoms with Crippen LogP contribution in [0, 0.1) is 6.92 Å². The van der Waals surface area contributed by atoms with E-state index in [4.69, 9.17) is 4.74 Å². The molecule has 3 heterocycles. The van der Waals surface area contributed by atoms with Crippen LogP contribution >= 0.6 is 0 Å². The monoisotopic (exact) mass is 437 g/mol. The second-order valence-corrected chi connectivity index (χ2v) is 7.16. The number of nitrogens with zero attached hydrogens (tertiary/aromatic N) is 4. The first-order chi connectivity index (χ1) is 14.6. The highest BCUT2D eigenvalue weighted by atomic mass is 19.4. The molecule has 0 aromatic carbocycles. The molecular weight excluding hydrogens is 415 g/mol. The smallest absolute Gasteiger partial charge is 0.392 e. The van der Waals surface area contributed by atoms with E-state index in [0.717, 1.165) is 5.56 Å². The van der Waals surface area contributed by atoms with Crippen LogP contribution < -0.4 is 10.1 Å². The Morgan fingerprint density at radius 2 is 2.13 bits per heavy atom. The van der Waals surface area contributed by atoms with Crippen molar-refractivity contribution in [2.45, 2.75) is 39.1 Å². The van der Waals surface area contributed by atoms with Crippen LogP contribution in [-0.4, -0.2) is 56.2 Å². The van der Waals surface area contributed by atoms with Crippen molar-refractivity contribution in [3.63, 3.8) is 0 Å². The summed E-state index contributed by atoms with van der Waals surface area (Å²) in [5.74, 6) is -0.260. The summed E-state index contributed by atoms with van der Waals surface area (Å²) in [4.78, 5) is 20.6. The Balaban J connectivity index is 1.72. The number of carbonyl (C=O) groups is 1. The highest BCUT2D eigenvalue weighted by Gasteiger charge is 2.27. The molecule has 8 nitrogen and oxygen atoms in total. The highest BCUT2D eigenvalue weighted by molar-refractivity contribution is 6.04. The van der Waals surface area contributed by atoms with Crippen molar-refractivity contribution in [1.82, 2.24) is 25.1 Å². The number of alkyl halides is 3. The number of rotatable bonds is 8. The molecule has 0 fully saturated rings. The number of aliphatic hydroxyl groups excluding tert-OH is 1. The van der Waals surface area contributed by atoms with E-state index in [1.165, 1.54) is 12.4 Å². The molecule has 3 aromatic heterocycles. The molecule has 2 N–H and O–H groups in total. The number of ether oxygens (including phenoxy) is 1. The second-order valence-electron chi connectivity index (χ2n) is 7.16. The first-order valence-corrected chi connectivity index (χ1v) is 9.56. The molecule has 0 saturated carbocycles. The lowest BCUT2D eigenvalue weighted by atomic mass is 10.2. The third kappa shape index (κ3) is 6.14.